The van der Waals surface area contributed by atoms with Crippen molar-refractivity contribution in [1.82, 2.24) is 23.9 Å². The number of sulfonamides is 1. The second kappa shape index (κ2) is 6.64. The molecule has 3 heterocycles. The number of aromatic nitrogens is 4. The predicted octanol–water partition coefficient (Wildman–Crippen LogP) is 2.35. The first-order valence-electron chi connectivity index (χ1n) is 9.29. The van der Waals surface area contributed by atoms with Crippen molar-refractivity contribution in [1.29, 1.82) is 0 Å². The third kappa shape index (κ3) is 3.10. The van der Waals surface area contributed by atoms with E-state index < -0.39 is 10.0 Å². The number of fused-ring (bicyclic) bond motifs is 2. The van der Waals surface area contributed by atoms with E-state index in [9.17, 15) is 12.8 Å². The van der Waals surface area contributed by atoms with E-state index in [1.54, 1.807) is 30.1 Å². The first-order chi connectivity index (χ1) is 13.9. The second-order valence-corrected chi connectivity index (χ2v) is 9.27. The van der Waals surface area contributed by atoms with Gasteiger partial charge in [-0.2, -0.15) is 14.5 Å². The van der Waals surface area contributed by atoms with Crippen LogP contribution in [-0.2, 0) is 23.5 Å². The molecular weight excluding hydrogens is 393 g/mol. The lowest BCUT2D eigenvalue weighted by atomic mass is 9.83. The molecule has 1 fully saturated rings. The lowest BCUT2D eigenvalue weighted by molar-refractivity contribution is 0.396. The maximum atomic E-state index is 13.2. The standard InChI is InChI=1S/C20H19FN5O2S/c1-24-13-19(11-22-24)29(27,28)25-7-6-14-9-20-15(8-16(14)12-25)10-23-26(20)18-4-2-17(21)3-5-18/h2-5,9-11,13H,6-8,12H2,1H3. The maximum Gasteiger partial charge on any atom is 0.246 e. The lowest BCUT2D eigenvalue weighted by Crippen LogP contribution is -2.41. The Kier molecular flexibility index (Phi) is 4.18. The van der Waals surface area contributed by atoms with Crippen LogP contribution in [0.15, 0.2) is 53.3 Å². The molecule has 3 aromatic rings. The van der Waals surface area contributed by atoms with Crippen LogP contribution in [0.5, 0.6) is 0 Å². The van der Waals surface area contributed by atoms with Crippen LogP contribution in [0.1, 0.15) is 17.7 Å². The van der Waals surface area contributed by atoms with E-state index in [1.165, 1.54) is 33.5 Å². The molecule has 2 aliphatic rings. The molecule has 1 aromatic carbocycles. The quantitative estimate of drug-likeness (QED) is 0.662. The van der Waals surface area contributed by atoms with Crippen LogP contribution in [0.25, 0.3) is 11.8 Å². The summed E-state index contributed by atoms with van der Waals surface area (Å²) in [5.41, 5.74) is 3.95. The van der Waals surface area contributed by atoms with Gasteiger partial charge >= 0.3 is 0 Å². The zero-order valence-corrected chi connectivity index (χ0v) is 16.6. The fraction of sp³-hybridized carbons (Fsp3) is 0.250. The summed E-state index contributed by atoms with van der Waals surface area (Å²) in [4.78, 5) is 0.216. The zero-order valence-electron chi connectivity index (χ0n) is 15.8. The van der Waals surface area contributed by atoms with E-state index in [0.29, 0.717) is 25.9 Å². The van der Waals surface area contributed by atoms with Crippen molar-refractivity contribution in [2.45, 2.75) is 17.7 Å². The Morgan fingerprint density at radius 3 is 2.62 bits per heavy atom. The molecule has 0 spiro atoms. The Labute approximate surface area is 168 Å². The van der Waals surface area contributed by atoms with Crippen LogP contribution < -0.4 is 0 Å². The van der Waals surface area contributed by atoms with Gasteiger partial charge in [-0.15, -0.1) is 0 Å². The van der Waals surface area contributed by atoms with Gasteiger partial charge in [0.25, 0.3) is 0 Å². The Hall–Kier alpha value is -2.78. The highest BCUT2D eigenvalue weighted by atomic mass is 32.2. The van der Waals surface area contributed by atoms with Gasteiger partial charge in [0.1, 0.15) is 10.7 Å². The summed E-state index contributed by atoms with van der Waals surface area (Å²) in [5.74, 6) is 0.806. The predicted molar refractivity (Wildman–Crippen MR) is 105 cm³/mol. The number of benzene rings is 1. The number of rotatable bonds is 3. The van der Waals surface area contributed by atoms with Crippen LogP contribution >= 0.6 is 0 Å². The fourth-order valence-electron chi connectivity index (χ4n) is 3.91. The summed E-state index contributed by atoms with van der Waals surface area (Å²) in [6.07, 6.45) is 8.09. The number of hydrogen-bond donors (Lipinski definition) is 0. The molecule has 0 bridgehead atoms. The molecule has 2 aromatic heterocycles. The highest BCUT2D eigenvalue weighted by Gasteiger charge is 2.36. The first-order valence-corrected chi connectivity index (χ1v) is 10.7. The molecule has 1 radical (unpaired) electrons. The van der Waals surface area contributed by atoms with Gasteiger partial charge in [-0.1, -0.05) is 5.57 Å². The average molecular weight is 412 g/mol. The van der Waals surface area contributed by atoms with Crippen LogP contribution in [-0.4, -0.2) is 45.4 Å². The molecule has 9 heteroatoms. The molecule has 29 heavy (non-hydrogen) atoms. The van der Waals surface area contributed by atoms with Crippen molar-refractivity contribution in [2.24, 2.45) is 7.05 Å². The molecule has 1 aliphatic heterocycles. The molecule has 5 rings (SSSR count). The van der Waals surface area contributed by atoms with Crippen molar-refractivity contribution in [2.75, 3.05) is 13.1 Å². The number of nitrogens with zero attached hydrogens (tertiary/aromatic N) is 5. The molecule has 149 valence electrons. The van der Waals surface area contributed by atoms with Gasteiger partial charge in [0.15, 0.2) is 0 Å². The van der Waals surface area contributed by atoms with E-state index in [0.717, 1.165) is 28.4 Å². The zero-order chi connectivity index (χ0) is 20.2. The van der Waals surface area contributed by atoms with Crippen LogP contribution in [0.4, 0.5) is 4.39 Å². The summed E-state index contributed by atoms with van der Waals surface area (Å²) in [6, 6.07) is 6.23. The minimum Gasteiger partial charge on any atom is -0.274 e. The molecule has 0 amide bonds. The van der Waals surface area contributed by atoms with Crippen molar-refractivity contribution < 1.29 is 12.8 Å². The van der Waals surface area contributed by atoms with Crippen molar-refractivity contribution in [3.05, 3.63) is 71.4 Å². The number of aryl methyl sites for hydroxylation is 1. The van der Waals surface area contributed by atoms with Gasteiger partial charge in [0, 0.05) is 32.3 Å². The fourth-order valence-corrected chi connectivity index (χ4v) is 5.33. The normalized spacial score (nSPS) is 17.7. The van der Waals surface area contributed by atoms with Gasteiger partial charge in [-0.3, -0.25) is 4.68 Å². The van der Waals surface area contributed by atoms with Crippen LogP contribution in [0.3, 0.4) is 0 Å². The SMILES string of the molecule is Cn1cc(S(=O)(=O)N2CCC3=Cc4c(cnn4-c4ccc(F)cc4)C[C]3C2)cn1. The van der Waals surface area contributed by atoms with Crippen molar-refractivity contribution in [3.8, 4) is 5.69 Å². The van der Waals surface area contributed by atoms with Crippen LogP contribution in [0.2, 0.25) is 0 Å². The minimum absolute atomic E-state index is 0.216. The van der Waals surface area contributed by atoms with E-state index >= 15 is 0 Å². The van der Waals surface area contributed by atoms with Gasteiger partial charge in [-0.05, 0) is 48.7 Å². The number of piperidine rings is 1. The largest absolute Gasteiger partial charge is 0.274 e. The molecule has 7 nitrogen and oxygen atoms in total. The van der Waals surface area contributed by atoms with Gasteiger partial charge in [0.2, 0.25) is 10.0 Å². The van der Waals surface area contributed by atoms with E-state index in [2.05, 4.69) is 16.3 Å². The third-order valence-electron chi connectivity index (χ3n) is 5.44. The molecule has 0 N–H and O–H groups in total. The van der Waals surface area contributed by atoms with Gasteiger partial charge in [0.05, 0.1) is 23.8 Å². The molecular formula is C20H19FN5O2S. The lowest BCUT2D eigenvalue weighted by Gasteiger charge is -2.35. The maximum absolute atomic E-state index is 13.2. The number of halogens is 1. The summed E-state index contributed by atoms with van der Waals surface area (Å²) >= 11 is 0. The number of hydrogen-bond acceptors (Lipinski definition) is 4. The van der Waals surface area contributed by atoms with Gasteiger partial charge < -0.3 is 0 Å². The molecule has 1 aliphatic carbocycles. The smallest absolute Gasteiger partial charge is 0.246 e. The van der Waals surface area contributed by atoms with Crippen LogP contribution in [0, 0.1) is 11.7 Å². The summed E-state index contributed by atoms with van der Waals surface area (Å²) in [6.45, 7) is 0.789. The summed E-state index contributed by atoms with van der Waals surface area (Å²) < 4.78 is 43.9. The highest BCUT2D eigenvalue weighted by molar-refractivity contribution is 7.89. The first kappa shape index (κ1) is 18.3. The Balaban J connectivity index is 1.42. The highest BCUT2D eigenvalue weighted by Crippen LogP contribution is 2.37. The van der Waals surface area contributed by atoms with Gasteiger partial charge in [-0.25, -0.2) is 17.5 Å². The average Bonchev–Trinajstić information content (AvgIpc) is 3.33. The summed E-state index contributed by atoms with van der Waals surface area (Å²) in [7, 11) is -1.86. The molecule has 0 unspecified atom stereocenters. The Morgan fingerprint density at radius 1 is 1.10 bits per heavy atom. The van der Waals surface area contributed by atoms with Crippen molar-refractivity contribution >= 4 is 16.1 Å². The van der Waals surface area contributed by atoms with E-state index in [4.69, 9.17) is 0 Å². The van der Waals surface area contributed by atoms with E-state index in [1.807, 2.05) is 0 Å². The second-order valence-electron chi connectivity index (χ2n) is 7.33. The summed E-state index contributed by atoms with van der Waals surface area (Å²) in [5, 5.41) is 8.45. The molecule has 1 saturated heterocycles. The Bertz CT molecular complexity index is 1210. The topological polar surface area (TPSA) is 73.0 Å². The molecule has 0 atom stereocenters. The minimum atomic E-state index is -3.57. The molecule has 0 saturated carbocycles. The van der Waals surface area contributed by atoms with E-state index in [-0.39, 0.29) is 10.7 Å². The monoisotopic (exact) mass is 412 g/mol. The Morgan fingerprint density at radius 2 is 1.90 bits per heavy atom. The van der Waals surface area contributed by atoms with Crippen molar-refractivity contribution in [3.63, 3.8) is 0 Å². The third-order valence-corrected chi connectivity index (χ3v) is 7.24.